The molecule has 3 rings (SSSR count). The Morgan fingerprint density at radius 2 is 1.82 bits per heavy atom. The third kappa shape index (κ3) is 7.23. The van der Waals surface area contributed by atoms with Gasteiger partial charge in [0.2, 0.25) is 5.91 Å². The minimum Gasteiger partial charge on any atom is -0.480 e. The molecule has 9 nitrogen and oxygen atoms in total. The minimum atomic E-state index is -5.04. The van der Waals surface area contributed by atoms with Crippen molar-refractivity contribution in [3.63, 3.8) is 0 Å². The summed E-state index contributed by atoms with van der Waals surface area (Å²) in [5, 5.41) is 11.5. The molecule has 0 spiro atoms. The van der Waals surface area contributed by atoms with E-state index in [9.17, 15) is 45.8 Å². The van der Waals surface area contributed by atoms with E-state index in [1.807, 2.05) is 0 Å². The van der Waals surface area contributed by atoms with Gasteiger partial charge in [-0.2, -0.15) is 24.9 Å². The summed E-state index contributed by atoms with van der Waals surface area (Å²) in [5.74, 6) is -6.88. The lowest BCUT2D eigenvalue weighted by Crippen LogP contribution is -2.44. The first-order chi connectivity index (χ1) is 18.2. The van der Waals surface area contributed by atoms with Crippen molar-refractivity contribution >= 4 is 29.5 Å². The lowest BCUT2D eigenvalue weighted by molar-refractivity contribution is -0.141. The number of benzene rings is 1. The second-order valence-corrected chi connectivity index (χ2v) is 9.85. The van der Waals surface area contributed by atoms with Gasteiger partial charge in [-0.05, 0) is 36.5 Å². The molecule has 1 aliphatic heterocycles. The van der Waals surface area contributed by atoms with Gasteiger partial charge in [-0.3, -0.25) is 9.59 Å². The van der Waals surface area contributed by atoms with Crippen LogP contribution in [0.15, 0.2) is 12.1 Å². The highest BCUT2D eigenvalue weighted by molar-refractivity contribution is 7.98. The molecule has 2 atom stereocenters. The van der Waals surface area contributed by atoms with Crippen LogP contribution in [0.4, 0.5) is 26.3 Å². The number of hydrogen-bond acceptors (Lipinski definition) is 6. The molecule has 2 amide bonds. The molecule has 0 saturated carbocycles. The number of nitrogens with zero attached hydrogens (tertiary/aromatic N) is 3. The fourth-order valence-corrected chi connectivity index (χ4v) is 4.59. The normalized spacial score (nSPS) is 15.0. The first-order valence-corrected chi connectivity index (χ1v) is 13.0. The van der Waals surface area contributed by atoms with E-state index in [1.54, 1.807) is 6.26 Å². The van der Waals surface area contributed by atoms with Gasteiger partial charge in [-0.15, -0.1) is 0 Å². The number of alkyl halides is 3. The molecule has 4 N–H and O–H groups in total. The number of carbonyl (C=O) groups is 3. The fraction of sp³-hybridized carbons (Fsp3) is 0.478. The van der Waals surface area contributed by atoms with Crippen LogP contribution in [0.5, 0.6) is 0 Å². The number of fused-ring (bicyclic) bond motifs is 1. The molecule has 214 valence electrons. The SMILES string of the molecule is CSCCC(NC(=O)c1c(C(F)(F)F)nc2n1CCN(C(=O)C[C@@H](N)Cc1cc(F)c(F)cc1F)C2)C(=O)O. The zero-order valence-corrected chi connectivity index (χ0v) is 21.3. The van der Waals surface area contributed by atoms with E-state index in [1.165, 1.54) is 11.8 Å². The third-order valence-corrected chi connectivity index (χ3v) is 6.68. The molecule has 1 unspecified atom stereocenters. The quantitative estimate of drug-likeness (QED) is 0.291. The number of halogens is 6. The lowest BCUT2D eigenvalue weighted by atomic mass is 10.0. The highest BCUT2D eigenvalue weighted by Crippen LogP contribution is 2.33. The molecular weight excluding hydrogens is 556 g/mol. The van der Waals surface area contributed by atoms with Crippen molar-refractivity contribution in [3.8, 4) is 0 Å². The number of nitrogens with two attached hydrogens (primary N) is 1. The van der Waals surface area contributed by atoms with Crippen molar-refractivity contribution in [2.24, 2.45) is 5.73 Å². The van der Waals surface area contributed by atoms with Crippen LogP contribution in [0.25, 0.3) is 0 Å². The van der Waals surface area contributed by atoms with Gasteiger partial charge in [0.05, 0.1) is 6.54 Å². The van der Waals surface area contributed by atoms with Crippen molar-refractivity contribution in [1.82, 2.24) is 19.8 Å². The molecular formula is C23H25F6N5O4S. The molecule has 0 saturated heterocycles. The summed E-state index contributed by atoms with van der Waals surface area (Å²) in [4.78, 5) is 41.8. The number of amides is 2. The van der Waals surface area contributed by atoms with E-state index < -0.39 is 71.4 Å². The van der Waals surface area contributed by atoms with Crippen molar-refractivity contribution < 1.29 is 45.8 Å². The van der Waals surface area contributed by atoms with E-state index in [0.29, 0.717) is 17.9 Å². The van der Waals surface area contributed by atoms with Crippen LogP contribution in [0.1, 0.15) is 40.4 Å². The molecule has 0 aliphatic carbocycles. The maximum Gasteiger partial charge on any atom is 0.435 e. The predicted molar refractivity (Wildman–Crippen MR) is 127 cm³/mol. The number of imidazole rings is 1. The van der Waals surface area contributed by atoms with Crippen molar-refractivity contribution in [3.05, 3.63) is 52.4 Å². The minimum absolute atomic E-state index is 0.0123. The zero-order chi connectivity index (χ0) is 29.1. The van der Waals surface area contributed by atoms with Gasteiger partial charge >= 0.3 is 12.1 Å². The molecule has 1 aromatic carbocycles. The Bertz CT molecular complexity index is 1250. The van der Waals surface area contributed by atoms with E-state index in [2.05, 4.69) is 10.3 Å². The Kier molecular flexibility index (Phi) is 9.53. The topological polar surface area (TPSA) is 131 Å². The van der Waals surface area contributed by atoms with E-state index in [4.69, 9.17) is 5.73 Å². The number of rotatable bonds is 10. The van der Waals surface area contributed by atoms with Crippen LogP contribution in [0.2, 0.25) is 0 Å². The van der Waals surface area contributed by atoms with Gasteiger partial charge in [0.15, 0.2) is 17.3 Å². The molecule has 2 aromatic rings. The number of thioether (sulfide) groups is 1. The van der Waals surface area contributed by atoms with E-state index in [-0.39, 0.29) is 43.7 Å². The first-order valence-electron chi connectivity index (χ1n) is 11.6. The summed E-state index contributed by atoms with van der Waals surface area (Å²) < 4.78 is 82.8. The summed E-state index contributed by atoms with van der Waals surface area (Å²) in [7, 11) is 0. The number of aromatic nitrogens is 2. The van der Waals surface area contributed by atoms with Gasteiger partial charge < -0.3 is 25.6 Å². The fourth-order valence-electron chi connectivity index (χ4n) is 4.12. The monoisotopic (exact) mass is 581 g/mol. The number of nitrogens with one attached hydrogen (secondary N) is 1. The number of hydrogen-bond donors (Lipinski definition) is 3. The van der Waals surface area contributed by atoms with Gasteiger partial charge in [-0.25, -0.2) is 22.9 Å². The molecule has 2 heterocycles. The molecule has 0 fully saturated rings. The van der Waals surface area contributed by atoms with Crippen molar-refractivity contribution in [2.45, 2.75) is 50.6 Å². The molecule has 1 aromatic heterocycles. The average molecular weight is 582 g/mol. The summed E-state index contributed by atoms with van der Waals surface area (Å²) in [6.45, 7) is -0.778. The Morgan fingerprint density at radius 1 is 1.15 bits per heavy atom. The van der Waals surface area contributed by atoms with Gasteiger partial charge in [0.1, 0.15) is 23.4 Å². The Balaban J connectivity index is 1.76. The second kappa shape index (κ2) is 12.3. The number of carboxylic acid groups (broad SMARTS) is 1. The number of aliphatic carboxylic acids is 1. The second-order valence-electron chi connectivity index (χ2n) is 8.86. The van der Waals surface area contributed by atoms with Crippen molar-refractivity contribution in [1.29, 1.82) is 0 Å². The first kappa shape index (κ1) is 30.3. The smallest absolute Gasteiger partial charge is 0.435 e. The summed E-state index contributed by atoms with van der Waals surface area (Å²) in [6.07, 6.45) is -4.03. The summed E-state index contributed by atoms with van der Waals surface area (Å²) >= 11 is 1.30. The summed E-state index contributed by atoms with van der Waals surface area (Å²) in [5.41, 5.74) is 3.28. The zero-order valence-electron chi connectivity index (χ0n) is 20.5. The van der Waals surface area contributed by atoms with E-state index >= 15 is 0 Å². The molecule has 0 bridgehead atoms. The standard InChI is InChI=1S/C23H25F6N5O4S/c1-39-5-2-16(22(37)38)31-21(36)19-20(23(27,28)29)32-17-10-33(3-4-34(17)19)18(35)8-12(30)6-11-7-14(25)15(26)9-13(11)24/h7,9,12,16H,2-6,8,10,30H2,1H3,(H,31,36)(H,37,38)/t12-,16?/m0/s1. The van der Waals surface area contributed by atoms with Gasteiger partial charge in [-0.1, -0.05) is 0 Å². The van der Waals surface area contributed by atoms with Gasteiger partial charge in [0, 0.05) is 31.6 Å². The Hall–Kier alpha value is -3.27. The summed E-state index contributed by atoms with van der Waals surface area (Å²) in [6, 6.07) is -1.44. The molecule has 16 heteroatoms. The Labute approximate surface area is 222 Å². The van der Waals surface area contributed by atoms with Crippen LogP contribution in [0, 0.1) is 17.5 Å². The number of carbonyl (C=O) groups excluding carboxylic acids is 2. The predicted octanol–water partition coefficient (Wildman–Crippen LogP) is 2.56. The maximum absolute atomic E-state index is 13.9. The highest BCUT2D eigenvalue weighted by Gasteiger charge is 2.43. The van der Waals surface area contributed by atoms with E-state index in [0.717, 1.165) is 9.47 Å². The highest BCUT2D eigenvalue weighted by atomic mass is 32.2. The maximum atomic E-state index is 13.9. The van der Waals surface area contributed by atoms with Crippen LogP contribution in [-0.4, -0.2) is 68.0 Å². The van der Waals surface area contributed by atoms with Gasteiger partial charge in [0.25, 0.3) is 5.91 Å². The van der Waals surface area contributed by atoms with Crippen LogP contribution in [-0.2, 0) is 35.3 Å². The Morgan fingerprint density at radius 3 is 2.44 bits per heavy atom. The molecule has 0 radical (unpaired) electrons. The molecule has 1 aliphatic rings. The van der Waals surface area contributed by atoms with Crippen LogP contribution < -0.4 is 11.1 Å². The lowest BCUT2D eigenvalue weighted by Gasteiger charge is -2.29. The van der Waals surface area contributed by atoms with Crippen LogP contribution in [0.3, 0.4) is 0 Å². The van der Waals surface area contributed by atoms with Crippen molar-refractivity contribution in [2.75, 3.05) is 18.6 Å². The number of carboxylic acids is 1. The largest absolute Gasteiger partial charge is 0.480 e. The van der Waals surface area contributed by atoms with Crippen LogP contribution >= 0.6 is 11.8 Å². The molecule has 39 heavy (non-hydrogen) atoms. The average Bonchev–Trinajstić information content (AvgIpc) is 3.24. The third-order valence-electron chi connectivity index (χ3n) is 6.03.